The average molecular weight is 242 g/mol. The highest BCUT2D eigenvalue weighted by molar-refractivity contribution is 5.91. The van der Waals surface area contributed by atoms with Gasteiger partial charge in [-0.1, -0.05) is 12.1 Å². The molecule has 4 nitrogen and oxygen atoms in total. The van der Waals surface area contributed by atoms with E-state index in [9.17, 15) is 0 Å². The predicted molar refractivity (Wildman–Crippen MR) is 73.6 cm³/mol. The van der Waals surface area contributed by atoms with Crippen molar-refractivity contribution in [2.45, 2.75) is 26.3 Å². The minimum absolute atomic E-state index is 0.394. The van der Waals surface area contributed by atoms with Crippen molar-refractivity contribution in [3.63, 3.8) is 0 Å². The summed E-state index contributed by atoms with van der Waals surface area (Å²) < 4.78 is 0. The van der Waals surface area contributed by atoms with Crippen LogP contribution in [0.2, 0.25) is 0 Å². The molecule has 0 spiro atoms. The van der Waals surface area contributed by atoms with Gasteiger partial charge >= 0.3 is 0 Å². The molecule has 1 saturated heterocycles. The molecule has 4 heteroatoms. The summed E-state index contributed by atoms with van der Waals surface area (Å²) in [6.07, 6.45) is 2.49. The molecule has 1 aromatic heterocycles. The van der Waals surface area contributed by atoms with Gasteiger partial charge < -0.3 is 10.6 Å². The summed E-state index contributed by atoms with van der Waals surface area (Å²) in [6, 6.07) is 6.27. The molecule has 1 aliphatic rings. The zero-order valence-corrected chi connectivity index (χ0v) is 10.7. The summed E-state index contributed by atoms with van der Waals surface area (Å²) in [5.74, 6) is 1.79. The molecule has 0 aliphatic carbocycles. The Balaban J connectivity index is 2.24. The zero-order valence-electron chi connectivity index (χ0n) is 10.7. The number of benzene rings is 1. The Bertz CT molecular complexity index is 573. The molecule has 94 valence electrons. The van der Waals surface area contributed by atoms with Gasteiger partial charge in [0.05, 0.1) is 12.1 Å². The molecule has 0 saturated carbocycles. The van der Waals surface area contributed by atoms with Crippen molar-refractivity contribution in [1.29, 1.82) is 0 Å². The third kappa shape index (κ3) is 1.82. The first-order valence-electron chi connectivity index (χ1n) is 6.51. The van der Waals surface area contributed by atoms with Crippen molar-refractivity contribution in [3.05, 3.63) is 29.6 Å². The molecule has 2 aromatic rings. The Hall–Kier alpha value is -1.68. The lowest BCUT2D eigenvalue weighted by atomic mass is 10.1. The molecule has 0 amide bonds. The average Bonchev–Trinajstić information content (AvgIpc) is 2.92. The normalized spacial score (nSPS) is 15.6. The standard InChI is InChI=1S/C14H18N4/c1-10-5-4-6-11-13(10)16-12(9-15)17-14(11)18-7-2-3-8-18/h4-6H,2-3,7-9,15H2,1H3. The van der Waals surface area contributed by atoms with E-state index in [-0.39, 0.29) is 0 Å². The second-order valence-corrected chi connectivity index (χ2v) is 4.83. The third-order valence-electron chi connectivity index (χ3n) is 3.54. The van der Waals surface area contributed by atoms with Crippen LogP contribution in [0.3, 0.4) is 0 Å². The van der Waals surface area contributed by atoms with E-state index in [4.69, 9.17) is 5.73 Å². The highest BCUT2D eigenvalue weighted by atomic mass is 15.2. The van der Waals surface area contributed by atoms with E-state index in [0.29, 0.717) is 6.54 Å². The van der Waals surface area contributed by atoms with Gasteiger partial charge in [0.1, 0.15) is 11.6 Å². The monoisotopic (exact) mass is 242 g/mol. The van der Waals surface area contributed by atoms with E-state index in [2.05, 4.69) is 40.0 Å². The van der Waals surface area contributed by atoms with E-state index in [1.54, 1.807) is 0 Å². The van der Waals surface area contributed by atoms with E-state index >= 15 is 0 Å². The molecule has 1 fully saturated rings. The summed E-state index contributed by atoms with van der Waals surface area (Å²) in [5.41, 5.74) is 7.94. The third-order valence-corrected chi connectivity index (χ3v) is 3.54. The SMILES string of the molecule is Cc1cccc2c(N3CCCC3)nc(CN)nc12. The largest absolute Gasteiger partial charge is 0.356 e. The van der Waals surface area contributed by atoms with Crippen LogP contribution in [0.15, 0.2) is 18.2 Å². The molecule has 0 unspecified atom stereocenters. The van der Waals surface area contributed by atoms with Crippen molar-refractivity contribution in [1.82, 2.24) is 9.97 Å². The number of nitrogens with two attached hydrogens (primary N) is 1. The van der Waals surface area contributed by atoms with Crippen molar-refractivity contribution >= 4 is 16.7 Å². The van der Waals surface area contributed by atoms with Crippen molar-refractivity contribution in [2.75, 3.05) is 18.0 Å². The van der Waals surface area contributed by atoms with Crippen molar-refractivity contribution in [2.24, 2.45) is 5.73 Å². The summed E-state index contributed by atoms with van der Waals surface area (Å²) >= 11 is 0. The lowest BCUT2D eigenvalue weighted by Crippen LogP contribution is -2.21. The lowest BCUT2D eigenvalue weighted by Gasteiger charge is -2.19. The molecule has 0 atom stereocenters. The molecular weight excluding hydrogens is 224 g/mol. The maximum absolute atomic E-state index is 5.71. The van der Waals surface area contributed by atoms with Crippen LogP contribution in [0.25, 0.3) is 10.9 Å². The molecule has 1 aliphatic heterocycles. The van der Waals surface area contributed by atoms with Crippen LogP contribution in [0.4, 0.5) is 5.82 Å². The Labute approximate surface area is 107 Å². The Morgan fingerprint density at radius 2 is 2.00 bits per heavy atom. The first-order valence-corrected chi connectivity index (χ1v) is 6.51. The van der Waals surface area contributed by atoms with E-state index in [1.807, 2.05) is 0 Å². The van der Waals surface area contributed by atoms with Crippen LogP contribution in [0.5, 0.6) is 0 Å². The number of anilines is 1. The molecule has 1 aromatic carbocycles. The lowest BCUT2D eigenvalue weighted by molar-refractivity contribution is 0.880. The van der Waals surface area contributed by atoms with Crippen molar-refractivity contribution in [3.8, 4) is 0 Å². The quantitative estimate of drug-likeness (QED) is 0.875. The van der Waals surface area contributed by atoms with E-state index in [1.165, 1.54) is 18.4 Å². The second kappa shape index (κ2) is 4.53. The molecule has 18 heavy (non-hydrogen) atoms. The van der Waals surface area contributed by atoms with Crippen LogP contribution in [-0.4, -0.2) is 23.1 Å². The molecule has 3 rings (SSSR count). The Morgan fingerprint density at radius 1 is 1.22 bits per heavy atom. The van der Waals surface area contributed by atoms with Crippen LogP contribution >= 0.6 is 0 Å². The van der Waals surface area contributed by atoms with Gasteiger partial charge in [0, 0.05) is 18.5 Å². The number of hydrogen-bond donors (Lipinski definition) is 1. The molecular formula is C14H18N4. The van der Waals surface area contributed by atoms with Crippen LogP contribution < -0.4 is 10.6 Å². The van der Waals surface area contributed by atoms with Crippen molar-refractivity contribution < 1.29 is 0 Å². The number of hydrogen-bond acceptors (Lipinski definition) is 4. The molecule has 0 radical (unpaired) electrons. The van der Waals surface area contributed by atoms with Gasteiger partial charge in [-0.3, -0.25) is 0 Å². The number of nitrogens with zero attached hydrogens (tertiary/aromatic N) is 3. The number of aromatic nitrogens is 2. The fourth-order valence-electron chi connectivity index (χ4n) is 2.59. The maximum atomic E-state index is 5.71. The topological polar surface area (TPSA) is 55.0 Å². The molecule has 0 bridgehead atoms. The highest BCUT2D eigenvalue weighted by Crippen LogP contribution is 2.28. The predicted octanol–water partition coefficient (Wildman–Crippen LogP) is 2.00. The van der Waals surface area contributed by atoms with E-state index in [0.717, 1.165) is 35.6 Å². The number of aryl methyl sites for hydroxylation is 1. The van der Waals surface area contributed by atoms with Crippen LogP contribution in [0.1, 0.15) is 24.2 Å². The summed E-state index contributed by atoms with van der Waals surface area (Å²) in [6.45, 7) is 4.66. The second-order valence-electron chi connectivity index (χ2n) is 4.83. The summed E-state index contributed by atoms with van der Waals surface area (Å²) in [4.78, 5) is 11.5. The number of rotatable bonds is 2. The smallest absolute Gasteiger partial charge is 0.144 e. The van der Waals surface area contributed by atoms with Gasteiger partial charge in [-0.2, -0.15) is 0 Å². The fraction of sp³-hybridized carbons (Fsp3) is 0.429. The fourth-order valence-corrected chi connectivity index (χ4v) is 2.59. The van der Waals surface area contributed by atoms with Gasteiger partial charge in [-0.25, -0.2) is 9.97 Å². The van der Waals surface area contributed by atoms with Crippen LogP contribution in [0, 0.1) is 6.92 Å². The minimum atomic E-state index is 0.394. The maximum Gasteiger partial charge on any atom is 0.144 e. The van der Waals surface area contributed by atoms with E-state index < -0.39 is 0 Å². The summed E-state index contributed by atoms with van der Waals surface area (Å²) in [7, 11) is 0. The van der Waals surface area contributed by atoms with Gasteiger partial charge in [0.15, 0.2) is 0 Å². The number of para-hydroxylation sites is 1. The first-order chi connectivity index (χ1) is 8.79. The van der Waals surface area contributed by atoms with Crippen LogP contribution in [-0.2, 0) is 6.54 Å². The minimum Gasteiger partial charge on any atom is -0.356 e. The molecule has 2 heterocycles. The van der Waals surface area contributed by atoms with Gasteiger partial charge in [-0.15, -0.1) is 0 Å². The number of fused-ring (bicyclic) bond motifs is 1. The Kier molecular flexibility index (Phi) is 2.88. The molecule has 2 N–H and O–H groups in total. The zero-order chi connectivity index (χ0) is 12.5. The Morgan fingerprint density at radius 3 is 2.72 bits per heavy atom. The van der Waals surface area contributed by atoms with Gasteiger partial charge in [0.25, 0.3) is 0 Å². The highest BCUT2D eigenvalue weighted by Gasteiger charge is 2.18. The van der Waals surface area contributed by atoms with Gasteiger partial charge in [0.2, 0.25) is 0 Å². The first kappa shape index (κ1) is 11.4. The van der Waals surface area contributed by atoms with Gasteiger partial charge in [-0.05, 0) is 31.4 Å². The summed E-state index contributed by atoms with van der Waals surface area (Å²) in [5, 5.41) is 1.15.